The molecule has 1 aromatic carbocycles. The van der Waals surface area contributed by atoms with E-state index in [1.54, 1.807) is 25.3 Å². The molecule has 0 aliphatic carbocycles. The van der Waals surface area contributed by atoms with Crippen LogP contribution in [0.3, 0.4) is 0 Å². The quantitative estimate of drug-likeness (QED) is 0.830. The molecule has 2 aromatic rings. The molecule has 21 heavy (non-hydrogen) atoms. The van der Waals surface area contributed by atoms with Gasteiger partial charge in [-0.15, -0.1) is 0 Å². The second-order valence-corrected chi connectivity index (χ2v) is 4.29. The van der Waals surface area contributed by atoms with E-state index < -0.39 is 5.82 Å². The smallest absolute Gasteiger partial charge is 0.255 e. The number of amides is 1. The van der Waals surface area contributed by atoms with E-state index in [1.807, 2.05) is 0 Å². The summed E-state index contributed by atoms with van der Waals surface area (Å²) in [5, 5.41) is 11.3. The van der Waals surface area contributed by atoms with Crippen LogP contribution in [0, 0.1) is 24.6 Å². The molecule has 0 atom stereocenters. The van der Waals surface area contributed by atoms with Crippen LogP contribution in [-0.2, 0) is 0 Å². The van der Waals surface area contributed by atoms with Crippen molar-refractivity contribution < 1.29 is 14.3 Å². The Morgan fingerprint density at radius 1 is 1.38 bits per heavy atom. The second-order valence-electron chi connectivity index (χ2n) is 4.29. The first kappa shape index (κ1) is 14.7. The summed E-state index contributed by atoms with van der Waals surface area (Å²) in [6, 6.07) is 7.34. The van der Waals surface area contributed by atoms with Gasteiger partial charge in [0.15, 0.2) is 0 Å². The zero-order valence-electron chi connectivity index (χ0n) is 11.4. The number of aliphatic hydroxyl groups excluding tert-OH is 1. The molecule has 2 rings (SSSR count). The fourth-order valence-electron chi connectivity index (χ4n) is 1.72. The van der Waals surface area contributed by atoms with Crippen molar-refractivity contribution in [3.63, 3.8) is 0 Å². The lowest BCUT2D eigenvalue weighted by Gasteiger charge is -2.06. The normalized spacial score (nSPS) is 9.67. The fourth-order valence-corrected chi connectivity index (χ4v) is 1.72. The number of aromatic nitrogens is 1. The van der Waals surface area contributed by atoms with Gasteiger partial charge in [0.1, 0.15) is 12.4 Å². The number of hydrogen-bond donors (Lipinski definition) is 2. The Hall–Kier alpha value is -2.71. The minimum absolute atomic E-state index is 0.118. The molecule has 1 amide bonds. The van der Waals surface area contributed by atoms with Crippen molar-refractivity contribution in [1.29, 1.82) is 0 Å². The molecule has 0 aliphatic rings. The number of carbonyl (C=O) groups excluding carboxylic acids is 1. The van der Waals surface area contributed by atoms with Gasteiger partial charge in [-0.25, -0.2) is 4.39 Å². The van der Waals surface area contributed by atoms with E-state index in [0.717, 1.165) is 5.69 Å². The summed E-state index contributed by atoms with van der Waals surface area (Å²) in [6.45, 7) is 1.43. The molecule has 0 aliphatic heterocycles. The van der Waals surface area contributed by atoms with E-state index in [-0.39, 0.29) is 18.1 Å². The SMILES string of the molecule is Cc1cc(C(=O)Nc2ccc(F)c(C#CCO)c2)ccn1. The first-order chi connectivity index (χ1) is 10.1. The number of aliphatic hydroxyl groups is 1. The number of aryl methyl sites for hydroxylation is 1. The van der Waals surface area contributed by atoms with Crippen LogP contribution >= 0.6 is 0 Å². The molecule has 0 unspecified atom stereocenters. The molecule has 2 N–H and O–H groups in total. The Morgan fingerprint density at radius 2 is 2.19 bits per heavy atom. The molecule has 0 spiro atoms. The molecule has 0 saturated heterocycles. The standard InChI is InChI=1S/C16H13FN2O2/c1-11-9-13(6-7-18-11)16(21)19-14-4-5-15(17)12(10-14)3-2-8-20/h4-7,9-10,20H,8H2,1H3,(H,19,21). The molecular formula is C16H13FN2O2. The molecule has 1 heterocycles. The van der Waals surface area contributed by atoms with Gasteiger partial charge in [-0.2, -0.15) is 0 Å². The topological polar surface area (TPSA) is 62.2 Å². The van der Waals surface area contributed by atoms with Crippen molar-refractivity contribution in [2.24, 2.45) is 0 Å². The summed E-state index contributed by atoms with van der Waals surface area (Å²) in [5.74, 6) is 4.04. The van der Waals surface area contributed by atoms with E-state index in [9.17, 15) is 9.18 Å². The van der Waals surface area contributed by atoms with Crippen LogP contribution < -0.4 is 5.32 Å². The highest BCUT2D eigenvalue weighted by Gasteiger charge is 2.08. The minimum Gasteiger partial charge on any atom is -0.384 e. The maximum absolute atomic E-state index is 13.5. The van der Waals surface area contributed by atoms with Crippen molar-refractivity contribution in [3.8, 4) is 11.8 Å². The number of hydrogen-bond acceptors (Lipinski definition) is 3. The van der Waals surface area contributed by atoms with Crippen molar-refractivity contribution in [2.45, 2.75) is 6.92 Å². The Kier molecular flexibility index (Phi) is 4.64. The van der Waals surface area contributed by atoms with Gasteiger partial charge in [0, 0.05) is 23.1 Å². The molecule has 5 heteroatoms. The molecule has 0 bridgehead atoms. The highest BCUT2D eigenvalue weighted by atomic mass is 19.1. The Balaban J connectivity index is 2.21. The molecular weight excluding hydrogens is 271 g/mol. The third-order valence-corrected chi connectivity index (χ3v) is 2.69. The monoisotopic (exact) mass is 284 g/mol. The number of rotatable bonds is 2. The van der Waals surface area contributed by atoms with Crippen LogP contribution in [0.2, 0.25) is 0 Å². The lowest BCUT2D eigenvalue weighted by molar-refractivity contribution is 0.102. The average Bonchev–Trinajstić information content (AvgIpc) is 2.47. The summed E-state index contributed by atoms with van der Waals surface area (Å²) in [6.07, 6.45) is 1.55. The van der Waals surface area contributed by atoms with Crippen LogP contribution in [-0.4, -0.2) is 22.6 Å². The van der Waals surface area contributed by atoms with Crippen LogP contribution in [0.25, 0.3) is 0 Å². The summed E-state index contributed by atoms with van der Waals surface area (Å²) in [7, 11) is 0. The number of anilines is 1. The number of nitrogens with one attached hydrogen (secondary N) is 1. The molecule has 106 valence electrons. The highest BCUT2D eigenvalue weighted by molar-refractivity contribution is 6.04. The fraction of sp³-hybridized carbons (Fsp3) is 0.125. The van der Waals surface area contributed by atoms with Crippen molar-refractivity contribution >= 4 is 11.6 Å². The van der Waals surface area contributed by atoms with E-state index in [4.69, 9.17) is 5.11 Å². The van der Waals surface area contributed by atoms with Crippen LogP contribution in [0.15, 0.2) is 36.5 Å². The first-order valence-electron chi connectivity index (χ1n) is 6.23. The summed E-state index contributed by atoms with van der Waals surface area (Å²) >= 11 is 0. The van der Waals surface area contributed by atoms with Crippen LogP contribution in [0.5, 0.6) is 0 Å². The Bertz CT molecular complexity index is 733. The van der Waals surface area contributed by atoms with Crippen molar-refractivity contribution in [3.05, 3.63) is 59.2 Å². The number of nitrogens with zero attached hydrogens (tertiary/aromatic N) is 1. The molecule has 1 aromatic heterocycles. The molecule has 0 radical (unpaired) electrons. The molecule has 0 fully saturated rings. The summed E-state index contributed by atoms with van der Waals surface area (Å²) in [5.41, 5.74) is 1.75. The minimum atomic E-state index is -0.506. The number of benzene rings is 1. The molecule has 4 nitrogen and oxygen atoms in total. The van der Waals surface area contributed by atoms with Gasteiger partial charge in [-0.05, 0) is 37.3 Å². The van der Waals surface area contributed by atoms with Gasteiger partial charge in [-0.3, -0.25) is 9.78 Å². The van der Waals surface area contributed by atoms with Gasteiger partial charge < -0.3 is 10.4 Å². The van der Waals surface area contributed by atoms with Gasteiger partial charge in [0.2, 0.25) is 0 Å². The van der Waals surface area contributed by atoms with Crippen molar-refractivity contribution in [2.75, 3.05) is 11.9 Å². The zero-order valence-corrected chi connectivity index (χ0v) is 11.4. The van der Waals surface area contributed by atoms with Crippen molar-refractivity contribution in [1.82, 2.24) is 4.98 Å². The number of pyridine rings is 1. The maximum Gasteiger partial charge on any atom is 0.255 e. The lowest BCUT2D eigenvalue weighted by Crippen LogP contribution is -2.12. The molecule has 0 saturated carbocycles. The Morgan fingerprint density at radius 3 is 2.90 bits per heavy atom. The van der Waals surface area contributed by atoms with Gasteiger partial charge in [0.25, 0.3) is 5.91 Å². The lowest BCUT2D eigenvalue weighted by atomic mass is 10.1. The third kappa shape index (κ3) is 3.88. The summed E-state index contributed by atoms with van der Waals surface area (Å²) in [4.78, 5) is 16.1. The number of halogens is 1. The second kappa shape index (κ2) is 6.64. The van der Waals surface area contributed by atoms with E-state index in [2.05, 4.69) is 22.1 Å². The number of carbonyl (C=O) groups is 1. The Labute approximate surface area is 121 Å². The van der Waals surface area contributed by atoms with E-state index in [1.165, 1.54) is 18.2 Å². The third-order valence-electron chi connectivity index (χ3n) is 2.69. The zero-order chi connectivity index (χ0) is 15.2. The van der Waals surface area contributed by atoms with E-state index >= 15 is 0 Å². The summed E-state index contributed by atoms with van der Waals surface area (Å²) < 4.78 is 13.5. The highest BCUT2D eigenvalue weighted by Crippen LogP contribution is 2.15. The average molecular weight is 284 g/mol. The van der Waals surface area contributed by atoms with Gasteiger partial charge >= 0.3 is 0 Å². The first-order valence-corrected chi connectivity index (χ1v) is 6.23. The maximum atomic E-state index is 13.5. The van der Waals surface area contributed by atoms with Gasteiger partial charge in [0.05, 0.1) is 5.56 Å². The van der Waals surface area contributed by atoms with Crippen LogP contribution in [0.4, 0.5) is 10.1 Å². The predicted molar refractivity (Wildman–Crippen MR) is 77.3 cm³/mol. The van der Waals surface area contributed by atoms with Crippen LogP contribution in [0.1, 0.15) is 21.6 Å². The van der Waals surface area contributed by atoms with Gasteiger partial charge in [-0.1, -0.05) is 11.8 Å². The largest absolute Gasteiger partial charge is 0.384 e. The predicted octanol–water partition coefficient (Wildman–Crippen LogP) is 2.13. The van der Waals surface area contributed by atoms with E-state index in [0.29, 0.717) is 11.3 Å².